The number of benzene rings is 1. The Hall–Kier alpha value is -3.02. The highest BCUT2D eigenvalue weighted by Crippen LogP contribution is 2.23. The van der Waals surface area contributed by atoms with Crippen LogP contribution in [0.5, 0.6) is 0 Å². The van der Waals surface area contributed by atoms with Gasteiger partial charge in [-0.3, -0.25) is 4.98 Å². The number of fused-ring (bicyclic) bond motifs is 1. The summed E-state index contributed by atoms with van der Waals surface area (Å²) in [6, 6.07) is 11.2. The SMILES string of the molecule is O=C(OCc1cccc2cccnc12)C1CCCCN1c1ncccn1. The summed E-state index contributed by atoms with van der Waals surface area (Å²) in [5.74, 6) is 0.353. The molecule has 1 unspecified atom stereocenters. The fourth-order valence-electron chi connectivity index (χ4n) is 3.38. The van der Waals surface area contributed by atoms with E-state index in [2.05, 4.69) is 15.0 Å². The molecule has 1 aliphatic rings. The van der Waals surface area contributed by atoms with Crippen LogP contribution in [0.15, 0.2) is 55.0 Å². The van der Waals surface area contributed by atoms with Crippen molar-refractivity contribution >= 4 is 22.8 Å². The molecule has 1 aromatic carbocycles. The Bertz CT molecular complexity index is 895. The highest BCUT2D eigenvalue weighted by Gasteiger charge is 2.31. The van der Waals surface area contributed by atoms with Crippen molar-refractivity contribution in [3.05, 3.63) is 60.6 Å². The van der Waals surface area contributed by atoms with Crippen LogP contribution in [-0.2, 0) is 16.1 Å². The second kappa shape index (κ2) is 7.47. The molecule has 4 rings (SSSR count). The zero-order chi connectivity index (χ0) is 17.8. The van der Waals surface area contributed by atoms with Gasteiger partial charge in [0.2, 0.25) is 5.95 Å². The molecule has 3 aromatic rings. The van der Waals surface area contributed by atoms with Crippen molar-refractivity contribution in [3.63, 3.8) is 0 Å². The molecule has 3 heterocycles. The first-order valence-electron chi connectivity index (χ1n) is 8.86. The number of pyridine rings is 1. The monoisotopic (exact) mass is 348 g/mol. The van der Waals surface area contributed by atoms with E-state index in [1.807, 2.05) is 35.2 Å². The number of para-hydroxylation sites is 1. The number of aromatic nitrogens is 3. The number of hydrogen-bond donors (Lipinski definition) is 0. The topological polar surface area (TPSA) is 68.2 Å². The lowest BCUT2D eigenvalue weighted by atomic mass is 10.0. The fraction of sp³-hybridized carbons (Fsp3) is 0.300. The molecule has 0 radical (unpaired) electrons. The van der Waals surface area contributed by atoms with Gasteiger partial charge in [-0.25, -0.2) is 14.8 Å². The number of esters is 1. The van der Waals surface area contributed by atoms with Gasteiger partial charge in [0, 0.05) is 36.1 Å². The number of piperidine rings is 1. The van der Waals surface area contributed by atoms with Crippen molar-refractivity contribution in [1.29, 1.82) is 0 Å². The lowest BCUT2D eigenvalue weighted by Crippen LogP contribution is -2.46. The molecule has 1 atom stereocenters. The van der Waals surface area contributed by atoms with Gasteiger partial charge in [-0.15, -0.1) is 0 Å². The highest BCUT2D eigenvalue weighted by atomic mass is 16.5. The number of anilines is 1. The number of ether oxygens (including phenoxy) is 1. The smallest absolute Gasteiger partial charge is 0.329 e. The van der Waals surface area contributed by atoms with Gasteiger partial charge in [-0.2, -0.15) is 0 Å². The first kappa shape index (κ1) is 16.4. The van der Waals surface area contributed by atoms with E-state index < -0.39 is 0 Å². The zero-order valence-corrected chi connectivity index (χ0v) is 14.4. The second-order valence-corrected chi connectivity index (χ2v) is 6.35. The fourth-order valence-corrected chi connectivity index (χ4v) is 3.38. The molecule has 1 saturated heterocycles. The molecule has 2 aromatic heterocycles. The molecule has 6 heteroatoms. The van der Waals surface area contributed by atoms with Gasteiger partial charge in [0.05, 0.1) is 5.52 Å². The van der Waals surface area contributed by atoms with Gasteiger partial charge in [-0.1, -0.05) is 24.3 Å². The minimum Gasteiger partial charge on any atom is -0.459 e. The first-order chi connectivity index (χ1) is 12.8. The summed E-state index contributed by atoms with van der Waals surface area (Å²) >= 11 is 0. The molecule has 1 aliphatic heterocycles. The summed E-state index contributed by atoms with van der Waals surface area (Å²) in [4.78, 5) is 27.7. The van der Waals surface area contributed by atoms with Crippen LogP contribution in [-0.4, -0.2) is 33.5 Å². The number of nitrogens with zero attached hydrogens (tertiary/aromatic N) is 4. The zero-order valence-electron chi connectivity index (χ0n) is 14.4. The Morgan fingerprint density at radius 3 is 2.73 bits per heavy atom. The maximum atomic E-state index is 12.8. The minimum absolute atomic E-state index is 0.215. The normalized spacial score (nSPS) is 17.2. The van der Waals surface area contributed by atoms with E-state index in [4.69, 9.17) is 4.74 Å². The average molecular weight is 348 g/mol. The molecule has 26 heavy (non-hydrogen) atoms. The standard InChI is InChI=1S/C20H20N4O2/c25-19(17-9-1-2-13-24(17)20-22-11-5-12-23-20)26-14-16-7-3-6-15-8-4-10-21-18(15)16/h3-8,10-12,17H,1-2,9,13-14H2. The number of hydrogen-bond acceptors (Lipinski definition) is 6. The van der Waals surface area contributed by atoms with Crippen molar-refractivity contribution < 1.29 is 9.53 Å². The summed E-state index contributed by atoms with van der Waals surface area (Å²) in [7, 11) is 0. The van der Waals surface area contributed by atoms with E-state index in [1.54, 1.807) is 24.7 Å². The van der Waals surface area contributed by atoms with Crippen LogP contribution in [0.25, 0.3) is 10.9 Å². The van der Waals surface area contributed by atoms with Crippen LogP contribution < -0.4 is 4.90 Å². The molecular formula is C20H20N4O2. The first-order valence-corrected chi connectivity index (χ1v) is 8.86. The summed E-state index contributed by atoms with van der Waals surface area (Å²) in [6.45, 7) is 0.979. The van der Waals surface area contributed by atoms with Crippen LogP contribution in [0.3, 0.4) is 0 Å². The third-order valence-corrected chi connectivity index (χ3v) is 4.67. The molecule has 0 spiro atoms. The lowest BCUT2D eigenvalue weighted by Gasteiger charge is -2.33. The molecule has 0 aliphatic carbocycles. The van der Waals surface area contributed by atoms with Crippen molar-refractivity contribution in [3.8, 4) is 0 Å². The van der Waals surface area contributed by atoms with Crippen molar-refractivity contribution in [2.45, 2.75) is 31.9 Å². The van der Waals surface area contributed by atoms with E-state index in [1.165, 1.54) is 0 Å². The Labute approximate surface area is 151 Å². The Balaban J connectivity index is 1.50. The number of carbonyl (C=O) groups is 1. The molecule has 6 nitrogen and oxygen atoms in total. The van der Waals surface area contributed by atoms with Crippen LogP contribution in [0.2, 0.25) is 0 Å². The lowest BCUT2D eigenvalue weighted by molar-refractivity contribution is -0.147. The molecule has 0 saturated carbocycles. The van der Waals surface area contributed by atoms with Gasteiger partial charge >= 0.3 is 5.97 Å². The number of rotatable bonds is 4. The summed E-state index contributed by atoms with van der Waals surface area (Å²) in [5.41, 5.74) is 1.78. The van der Waals surface area contributed by atoms with E-state index in [0.717, 1.165) is 42.3 Å². The van der Waals surface area contributed by atoms with Gasteiger partial charge in [0.15, 0.2) is 0 Å². The predicted octanol–water partition coefficient (Wildman–Crippen LogP) is 3.13. The van der Waals surface area contributed by atoms with Crippen LogP contribution in [0.4, 0.5) is 5.95 Å². The third-order valence-electron chi connectivity index (χ3n) is 4.67. The maximum Gasteiger partial charge on any atom is 0.329 e. The van der Waals surface area contributed by atoms with Gasteiger partial charge in [-0.05, 0) is 31.4 Å². The van der Waals surface area contributed by atoms with Crippen molar-refractivity contribution in [1.82, 2.24) is 15.0 Å². The van der Waals surface area contributed by atoms with E-state index in [9.17, 15) is 4.79 Å². The Morgan fingerprint density at radius 2 is 1.85 bits per heavy atom. The predicted molar refractivity (Wildman–Crippen MR) is 98.6 cm³/mol. The molecule has 0 amide bonds. The Kier molecular flexibility index (Phi) is 4.73. The van der Waals surface area contributed by atoms with Crippen LogP contribution in [0, 0.1) is 0 Å². The maximum absolute atomic E-state index is 12.8. The quantitative estimate of drug-likeness (QED) is 0.675. The highest BCUT2D eigenvalue weighted by molar-refractivity contribution is 5.82. The molecule has 0 bridgehead atoms. The molecule has 1 fully saturated rings. The van der Waals surface area contributed by atoms with E-state index in [0.29, 0.717) is 5.95 Å². The largest absolute Gasteiger partial charge is 0.459 e. The van der Waals surface area contributed by atoms with E-state index in [-0.39, 0.29) is 18.6 Å². The summed E-state index contributed by atoms with van der Waals surface area (Å²) in [5, 5.41) is 1.04. The summed E-state index contributed by atoms with van der Waals surface area (Å²) < 4.78 is 5.65. The van der Waals surface area contributed by atoms with E-state index >= 15 is 0 Å². The van der Waals surface area contributed by atoms with Crippen LogP contribution >= 0.6 is 0 Å². The second-order valence-electron chi connectivity index (χ2n) is 6.35. The van der Waals surface area contributed by atoms with Crippen molar-refractivity contribution in [2.24, 2.45) is 0 Å². The number of carbonyl (C=O) groups excluding carboxylic acids is 1. The molecule has 132 valence electrons. The minimum atomic E-state index is -0.339. The van der Waals surface area contributed by atoms with Gasteiger partial charge < -0.3 is 9.64 Å². The molecular weight excluding hydrogens is 328 g/mol. The average Bonchev–Trinajstić information content (AvgIpc) is 2.72. The third kappa shape index (κ3) is 3.35. The molecule has 0 N–H and O–H groups in total. The van der Waals surface area contributed by atoms with Crippen LogP contribution in [0.1, 0.15) is 24.8 Å². The summed E-state index contributed by atoms with van der Waals surface area (Å²) in [6.07, 6.45) is 7.92. The van der Waals surface area contributed by atoms with Gasteiger partial charge in [0.1, 0.15) is 12.6 Å². The van der Waals surface area contributed by atoms with Gasteiger partial charge in [0.25, 0.3) is 0 Å². The van der Waals surface area contributed by atoms with Crippen molar-refractivity contribution in [2.75, 3.05) is 11.4 Å². The Morgan fingerprint density at radius 1 is 1.04 bits per heavy atom.